The average Bonchev–Trinajstić information content (AvgIpc) is 2.79. The Morgan fingerprint density at radius 1 is 0.935 bits per heavy atom. The standard InChI is InChI=1S/C25H25N3O3/c29-22-14-16-28-23(24(22)30)25(31)27(18-26-28)15-8-2-5-11-20-12-6-7-13-21(20)17-19-9-3-1-4-10-19/h1-4,6-10,12-14,16,26,30H,5,11,15,17-18H2/b8-2-. The second-order valence-electron chi connectivity index (χ2n) is 7.53. The molecular weight excluding hydrogens is 390 g/mol. The van der Waals surface area contributed by atoms with Crippen molar-refractivity contribution in [2.75, 3.05) is 18.6 Å². The molecule has 3 aromatic rings. The van der Waals surface area contributed by atoms with Crippen molar-refractivity contribution < 1.29 is 9.90 Å². The lowest BCUT2D eigenvalue weighted by Gasteiger charge is -2.30. The Balaban J connectivity index is 1.34. The summed E-state index contributed by atoms with van der Waals surface area (Å²) < 4.78 is 1.39. The van der Waals surface area contributed by atoms with Gasteiger partial charge in [0.1, 0.15) is 6.67 Å². The van der Waals surface area contributed by atoms with Crippen LogP contribution in [-0.2, 0) is 12.8 Å². The molecule has 2 aromatic carbocycles. The third-order valence-corrected chi connectivity index (χ3v) is 5.42. The molecule has 158 valence electrons. The van der Waals surface area contributed by atoms with Gasteiger partial charge < -0.3 is 15.4 Å². The molecule has 0 aliphatic carbocycles. The van der Waals surface area contributed by atoms with E-state index >= 15 is 0 Å². The molecular formula is C25H25N3O3. The molecule has 0 saturated carbocycles. The predicted molar refractivity (Wildman–Crippen MR) is 121 cm³/mol. The molecule has 0 atom stereocenters. The largest absolute Gasteiger partial charge is 0.502 e. The van der Waals surface area contributed by atoms with Crippen LogP contribution in [0.25, 0.3) is 0 Å². The van der Waals surface area contributed by atoms with E-state index in [9.17, 15) is 14.7 Å². The Hall–Kier alpha value is -3.80. The lowest BCUT2D eigenvalue weighted by atomic mass is 9.97. The van der Waals surface area contributed by atoms with Gasteiger partial charge in [0.15, 0.2) is 11.4 Å². The number of rotatable bonds is 7. The van der Waals surface area contributed by atoms with Crippen LogP contribution in [0, 0.1) is 0 Å². The fourth-order valence-electron chi connectivity index (χ4n) is 3.74. The highest BCUT2D eigenvalue weighted by Gasteiger charge is 2.27. The first-order valence-electron chi connectivity index (χ1n) is 10.4. The first-order chi connectivity index (χ1) is 15.1. The Labute approximate surface area is 181 Å². The first-order valence-corrected chi connectivity index (χ1v) is 10.4. The van der Waals surface area contributed by atoms with Gasteiger partial charge in [-0.05, 0) is 36.0 Å². The second-order valence-corrected chi connectivity index (χ2v) is 7.53. The molecule has 1 aliphatic rings. The number of benzene rings is 2. The average molecular weight is 415 g/mol. The van der Waals surface area contributed by atoms with Gasteiger partial charge >= 0.3 is 0 Å². The summed E-state index contributed by atoms with van der Waals surface area (Å²) in [4.78, 5) is 25.8. The topological polar surface area (TPSA) is 74.6 Å². The number of carbonyl (C=O) groups excluding carboxylic acids is 1. The maximum absolute atomic E-state index is 12.6. The number of nitrogens with zero attached hydrogens (tertiary/aromatic N) is 2. The summed E-state index contributed by atoms with van der Waals surface area (Å²) in [6.45, 7) is 0.707. The first kappa shape index (κ1) is 20.5. The zero-order valence-electron chi connectivity index (χ0n) is 17.2. The van der Waals surface area contributed by atoms with Gasteiger partial charge in [0.05, 0.1) is 0 Å². The number of nitrogens with one attached hydrogen (secondary N) is 1. The van der Waals surface area contributed by atoms with Crippen LogP contribution in [0.4, 0.5) is 0 Å². The highest BCUT2D eigenvalue weighted by atomic mass is 16.3. The van der Waals surface area contributed by atoms with Crippen LogP contribution in [0.2, 0.25) is 0 Å². The number of amides is 1. The highest BCUT2D eigenvalue weighted by Crippen LogP contribution is 2.18. The van der Waals surface area contributed by atoms with Crippen LogP contribution in [0.15, 0.2) is 83.8 Å². The third-order valence-electron chi connectivity index (χ3n) is 5.42. The lowest BCUT2D eigenvalue weighted by molar-refractivity contribution is 0.0741. The molecule has 0 radical (unpaired) electrons. The van der Waals surface area contributed by atoms with E-state index in [2.05, 4.69) is 60.0 Å². The monoisotopic (exact) mass is 415 g/mol. The second kappa shape index (κ2) is 9.34. The number of aromatic nitrogens is 1. The molecule has 1 aromatic heterocycles. The van der Waals surface area contributed by atoms with E-state index in [1.54, 1.807) is 4.90 Å². The van der Waals surface area contributed by atoms with Crippen molar-refractivity contribution in [2.45, 2.75) is 19.3 Å². The smallest absolute Gasteiger partial charge is 0.278 e. The Bertz CT molecular complexity index is 1150. The summed E-state index contributed by atoms with van der Waals surface area (Å²) in [7, 11) is 0. The van der Waals surface area contributed by atoms with E-state index in [0.29, 0.717) is 13.2 Å². The normalized spacial score (nSPS) is 13.3. The zero-order valence-corrected chi connectivity index (χ0v) is 17.2. The molecule has 4 rings (SSSR count). The third kappa shape index (κ3) is 4.69. The number of carbonyl (C=O) groups is 1. The SMILES string of the molecule is O=C1c2c(O)c(=O)ccn2NCN1C/C=C\CCc1ccccc1Cc1ccccc1. The number of fused-ring (bicyclic) bond motifs is 1. The van der Waals surface area contributed by atoms with E-state index < -0.39 is 11.2 Å². The summed E-state index contributed by atoms with van der Waals surface area (Å²) in [6.07, 6.45) is 8.17. The van der Waals surface area contributed by atoms with Crippen molar-refractivity contribution in [3.8, 4) is 5.75 Å². The van der Waals surface area contributed by atoms with Crippen LogP contribution < -0.4 is 10.9 Å². The van der Waals surface area contributed by atoms with Gasteiger partial charge in [0.2, 0.25) is 5.43 Å². The molecule has 0 fully saturated rings. The Kier molecular flexibility index (Phi) is 6.17. The number of allylic oxidation sites excluding steroid dienone is 1. The number of hydrogen-bond donors (Lipinski definition) is 2. The van der Waals surface area contributed by atoms with Crippen LogP contribution in [0.1, 0.15) is 33.6 Å². The molecule has 1 amide bonds. The van der Waals surface area contributed by atoms with Gasteiger partial charge in [0.25, 0.3) is 5.91 Å². The van der Waals surface area contributed by atoms with Crippen molar-refractivity contribution in [3.05, 3.63) is 112 Å². The van der Waals surface area contributed by atoms with Crippen molar-refractivity contribution in [2.24, 2.45) is 0 Å². The number of aryl methyl sites for hydroxylation is 1. The van der Waals surface area contributed by atoms with E-state index in [4.69, 9.17) is 0 Å². The quantitative estimate of drug-likeness (QED) is 0.581. The highest BCUT2D eigenvalue weighted by molar-refractivity contribution is 5.96. The molecule has 0 unspecified atom stereocenters. The van der Waals surface area contributed by atoms with Gasteiger partial charge in [-0.1, -0.05) is 66.7 Å². The van der Waals surface area contributed by atoms with Gasteiger partial charge in [-0.15, -0.1) is 0 Å². The molecule has 6 nitrogen and oxygen atoms in total. The zero-order chi connectivity index (χ0) is 21.6. The summed E-state index contributed by atoms with van der Waals surface area (Å²) in [5, 5.41) is 9.96. The van der Waals surface area contributed by atoms with E-state index in [1.807, 2.05) is 12.1 Å². The Morgan fingerprint density at radius 3 is 2.48 bits per heavy atom. The minimum Gasteiger partial charge on any atom is -0.502 e. The van der Waals surface area contributed by atoms with Crippen molar-refractivity contribution >= 4 is 5.91 Å². The molecule has 6 heteroatoms. The Morgan fingerprint density at radius 2 is 1.68 bits per heavy atom. The van der Waals surface area contributed by atoms with Crippen LogP contribution in [0.5, 0.6) is 5.75 Å². The van der Waals surface area contributed by atoms with Gasteiger partial charge in [0, 0.05) is 18.8 Å². The molecule has 0 saturated heterocycles. The van der Waals surface area contributed by atoms with Gasteiger partial charge in [-0.25, -0.2) is 0 Å². The van der Waals surface area contributed by atoms with Crippen LogP contribution in [-0.4, -0.2) is 33.8 Å². The maximum Gasteiger partial charge on any atom is 0.278 e. The fourth-order valence-corrected chi connectivity index (χ4v) is 3.74. The minimum absolute atomic E-state index is 0.0259. The molecule has 0 spiro atoms. The van der Waals surface area contributed by atoms with Crippen LogP contribution in [0.3, 0.4) is 0 Å². The number of pyridine rings is 1. The van der Waals surface area contributed by atoms with Gasteiger partial charge in [-0.3, -0.25) is 14.3 Å². The van der Waals surface area contributed by atoms with Crippen molar-refractivity contribution in [3.63, 3.8) is 0 Å². The molecule has 1 aliphatic heterocycles. The maximum atomic E-state index is 12.6. The summed E-state index contributed by atoms with van der Waals surface area (Å²) in [5.41, 5.74) is 6.36. The van der Waals surface area contributed by atoms with E-state index in [0.717, 1.165) is 19.3 Å². The minimum atomic E-state index is -0.562. The summed E-state index contributed by atoms with van der Waals surface area (Å²) in [6, 6.07) is 20.2. The molecule has 0 bridgehead atoms. The summed E-state index contributed by atoms with van der Waals surface area (Å²) in [5.74, 6) is -0.893. The molecule has 2 N–H and O–H groups in total. The lowest BCUT2D eigenvalue weighted by Crippen LogP contribution is -2.46. The van der Waals surface area contributed by atoms with E-state index in [-0.39, 0.29) is 11.6 Å². The van der Waals surface area contributed by atoms with Crippen LogP contribution >= 0.6 is 0 Å². The predicted octanol–water partition coefficient (Wildman–Crippen LogP) is 3.29. The molecule has 31 heavy (non-hydrogen) atoms. The fraction of sp³-hybridized carbons (Fsp3) is 0.200. The van der Waals surface area contributed by atoms with Gasteiger partial charge in [-0.2, -0.15) is 0 Å². The molecule has 2 heterocycles. The number of hydrogen-bond acceptors (Lipinski definition) is 4. The van der Waals surface area contributed by atoms with E-state index in [1.165, 1.54) is 33.6 Å². The van der Waals surface area contributed by atoms with Crippen molar-refractivity contribution in [1.82, 2.24) is 9.58 Å². The van der Waals surface area contributed by atoms with Crippen molar-refractivity contribution in [1.29, 1.82) is 0 Å². The summed E-state index contributed by atoms with van der Waals surface area (Å²) >= 11 is 0. The number of aromatic hydroxyl groups is 1.